The Morgan fingerprint density at radius 2 is 1.00 bits per heavy atom. The Hall–Kier alpha value is -2.97. The zero-order valence-corrected chi connectivity index (χ0v) is 30.9. The van der Waals surface area contributed by atoms with Gasteiger partial charge in [-0.3, -0.25) is 33.6 Å². The van der Waals surface area contributed by atoms with Gasteiger partial charge in [0.25, 0.3) is 0 Å². The van der Waals surface area contributed by atoms with Crippen LogP contribution >= 0.6 is 23.5 Å². The van der Waals surface area contributed by atoms with Crippen LogP contribution in [0.3, 0.4) is 0 Å². The average molecular weight is 755 g/mol. The molecule has 2 saturated heterocycles. The maximum atomic E-state index is 12.4. The van der Waals surface area contributed by atoms with Crippen molar-refractivity contribution >= 4 is 64.5 Å². The van der Waals surface area contributed by atoms with Gasteiger partial charge < -0.3 is 47.4 Å². The number of methoxy groups -OCH3 is 1. The zero-order chi connectivity index (χ0) is 37.5. The minimum atomic E-state index is -1.61. The fourth-order valence-electron chi connectivity index (χ4n) is 5.18. The van der Waals surface area contributed by atoms with Crippen molar-refractivity contribution in [2.24, 2.45) is 0 Å². The van der Waals surface area contributed by atoms with Crippen LogP contribution in [0.15, 0.2) is 0 Å². The predicted molar refractivity (Wildman–Crippen MR) is 173 cm³/mol. The standard InChI is InChI=1S/C31H46O17S2/c1-15(32)40-13-22-24(26(42-17(3)34)28(44-19(5)36)30(39-8)46-22)48-31-29(45-20(6)37)27(43-18(4)35)25(41-16(2)33)23(47-31)14-49-11-9-10-12-50-21(7)38/h22-31H,9-14H2,1-8H3/t22-,23-,24+,25+,26+,27+,28-,29-,30-,31+/m1/s1. The highest BCUT2D eigenvalue weighted by atomic mass is 32.2. The van der Waals surface area contributed by atoms with Crippen LogP contribution in [-0.4, -0.2) is 133 Å². The first kappa shape index (κ1) is 43.2. The lowest BCUT2D eigenvalue weighted by molar-refractivity contribution is -0.355. The number of hydrogen-bond donors (Lipinski definition) is 0. The van der Waals surface area contributed by atoms with Crippen molar-refractivity contribution in [2.75, 3.05) is 31.0 Å². The third-order valence-electron chi connectivity index (χ3n) is 6.94. The topological polar surface area (TPSA) is 212 Å². The minimum absolute atomic E-state index is 0.0219. The summed E-state index contributed by atoms with van der Waals surface area (Å²) >= 11 is 2.65. The number of carbonyl (C=O) groups excluding carboxylic acids is 7. The van der Waals surface area contributed by atoms with E-state index in [9.17, 15) is 33.6 Å². The van der Waals surface area contributed by atoms with Crippen LogP contribution in [0.5, 0.6) is 0 Å². The first-order chi connectivity index (χ1) is 23.5. The van der Waals surface area contributed by atoms with Gasteiger partial charge >= 0.3 is 35.8 Å². The molecular formula is C31H46O17S2. The second kappa shape index (κ2) is 21.4. The van der Waals surface area contributed by atoms with Gasteiger partial charge in [-0.25, -0.2) is 0 Å². The van der Waals surface area contributed by atoms with Crippen LogP contribution in [-0.2, 0) is 80.9 Å². The van der Waals surface area contributed by atoms with Crippen molar-refractivity contribution in [3.63, 3.8) is 0 Å². The highest BCUT2D eigenvalue weighted by Gasteiger charge is 2.57. The Bertz CT molecular complexity index is 1200. The van der Waals surface area contributed by atoms with Gasteiger partial charge in [0.05, 0.1) is 0 Å². The van der Waals surface area contributed by atoms with Crippen molar-refractivity contribution in [2.45, 2.75) is 123 Å². The van der Waals surface area contributed by atoms with E-state index in [0.29, 0.717) is 11.5 Å². The van der Waals surface area contributed by atoms with Crippen molar-refractivity contribution in [1.29, 1.82) is 0 Å². The summed E-state index contributed by atoms with van der Waals surface area (Å²) < 4.78 is 56.9. The summed E-state index contributed by atoms with van der Waals surface area (Å²) in [6.07, 6.45) is -12.3. The Balaban J connectivity index is 2.58. The first-order valence-electron chi connectivity index (χ1n) is 15.7. The van der Waals surface area contributed by atoms with Gasteiger partial charge in [-0.15, -0.1) is 0 Å². The van der Waals surface area contributed by atoms with E-state index in [2.05, 4.69) is 0 Å². The molecule has 2 aliphatic rings. The molecule has 2 rings (SSSR count). The van der Waals surface area contributed by atoms with Gasteiger partial charge in [0.1, 0.15) is 24.9 Å². The summed E-state index contributed by atoms with van der Waals surface area (Å²) in [5.74, 6) is -3.20. The Morgan fingerprint density at radius 1 is 0.540 bits per heavy atom. The number of rotatable bonds is 17. The number of hydrogen-bond acceptors (Lipinski definition) is 19. The highest BCUT2D eigenvalue weighted by molar-refractivity contribution is 8.13. The SMILES string of the molecule is CO[C@@H]1O[C@H](COC(C)=O)[C@H](O[C@@H]2O[C@H](CSCCCCSC(C)=O)[C@H](OC(C)=O)[C@H](OC(C)=O)[C@H]2OC(C)=O)[C@H](OC(C)=O)[C@H]1OC(C)=O. The van der Waals surface area contributed by atoms with Gasteiger partial charge in [0, 0.05) is 67.1 Å². The second-order valence-corrected chi connectivity index (χ2v) is 13.6. The molecule has 19 heteroatoms. The van der Waals surface area contributed by atoms with Gasteiger partial charge in [-0.2, -0.15) is 11.8 Å². The van der Waals surface area contributed by atoms with Crippen molar-refractivity contribution in [1.82, 2.24) is 0 Å². The molecule has 10 atom stereocenters. The van der Waals surface area contributed by atoms with E-state index in [0.717, 1.165) is 54.4 Å². The summed E-state index contributed by atoms with van der Waals surface area (Å²) in [4.78, 5) is 84.6. The monoisotopic (exact) mass is 754 g/mol. The second-order valence-electron chi connectivity index (χ2n) is 11.2. The quantitative estimate of drug-likeness (QED) is 0.117. The third-order valence-corrected chi connectivity index (χ3v) is 8.98. The van der Waals surface area contributed by atoms with Gasteiger partial charge in [-0.1, -0.05) is 11.8 Å². The molecule has 0 aromatic rings. The number of esters is 6. The summed E-state index contributed by atoms with van der Waals surface area (Å²) in [6, 6.07) is 0. The lowest BCUT2D eigenvalue weighted by Gasteiger charge is -2.48. The lowest BCUT2D eigenvalue weighted by Crippen LogP contribution is -2.67. The molecule has 0 amide bonds. The van der Waals surface area contributed by atoms with E-state index in [-0.39, 0.29) is 10.9 Å². The molecule has 0 saturated carbocycles. The first-order valence-corrected chi connectivity index (χ1v) is 17.9. The predicted octanol–water partition coefficient (Wildman–Crippen LogP) is 1.48. The van der Waals surface area contributed by atoms with Gasteiger partial charge in [0.15, 0.2) is 48.2 Å². The normalized spacial score (nSPS) is 29.2. The molecule has 0 bridgehead atoms. The molecule has 0 aromatic heterocycles. The maximum absolute atomic E-state index is 12.4. The van der Waals surface area contributed by atoms with Crippen LogP contribution < -0.4 is 0 Å². The fraction of sp³-hybridized carbons (Fsp3) is 0.774. The third kappa shape index (κ3) is 14.3. The van der Waals surface area contributed by atoms with Crippen LogP contribution in [0.4, 0.5) is 0 Å². The minimum Gasteiger partial charge on any atom is -0.463 e. The van der Waals surface area contributed by atoms with Crippen LogP contribution in [0, 0.1) is 0 Å². The molecule has 50 heavy (non-hydrogen) atoms. The summed E-state index contributed by atoms with van der Waals surface area (Å²) in [7, 11) is 1.25. The van der Waals surface area contributed by atoms with E-state index >= 15 is 0 Å². The molecule has 0 unspecified atom stereocenters. The molecule has 0 spiro atoms. The molecule has 0 aromatic carbocycles. The van der Waals surface area contributed by atoms with E-state index in [4.69, 9.17) is 47.4 Å². The van der Waals surface area contributed by atoms with Crippen LogP contribution in [0.25, 0.3) is 0 Å². The van der Waals surface area contributed by atoms with E-state index in [1.54, 1.807) is 0 Å². The number of carbonyl (C=O) groups is 7. The molecule has 17 nitrogen and oxygen atoms in total. The Morgan fingerprint density at radius 3 is 1.50 bits per heavy atom. The van der Waals surface area contributed by atoms with Gasteiger partial charge in [-0.05, 0) is 18.6 Å². The Labute approximate surface area is 298 Å². The highest BCUT2D eigenvalue weighted by Crippen LogP contribution is 2.36. The smallest absolute Gasteiger partial charge is 0.303 e. The number of ether oxygens (including phenoxy) is 10. The summed E-state index contributed by atoms with van der Waals surface area (Å²) in [5.41, 5.74) is 0. The maximum Gasteiger partial charge on any atom is 0.303 e. The largest absolute Gasteiger partial charge is 0.463 e. The van der Waals surface area contributed by atoms with Crippen molar-refractivity contribution in [3.8, 4) is 0 Å². The zero-order valence-electron chi connectivity index (χ0n) is 29.3. The van der Waals surface area contributed by atoms with Crippen LogP contribution in [0.2, 0.25) is 0 Å². The fourth-order valence-corrected chi connectivity index (χ4v) is 6.90. The molecule has 2 aliphatic heterocycles. The lowest BCUT2D eigenvalue weighted by atomic mass is 9.96. The summed E-state index contributed by atoms with van der Waals surface area (Å²) in [5, 5.41) is 0.0219. The van der Waals surface area contributed by atoms with Crippen LogP contribution in [0.1, 0.15) is 61.3 Å². The molecule has 284 valence electrons. The van der Waals surface area contributed by atoms with E-state index in [1.807, 2.05) is 0 Å². The molecule has 0 N–H and O–H groups in total. The van der Waals surface area contributed by atoms with E-state index in [1.165, 1.54) is 37.6 Å². The Kier molecular flexibility index (Phi) is 18.5. The van der Waals surface area contributed by atoms with Crippen molar-refractivity contribution in [3.05, 3.63) is 0 Å². The number of unbranched alkanes of at least 4 members (excludes halogenated alkanes) is 1. The summed E-state index contributed by atoms with van der Waals surface area (Å²) in [6.45, 7) is 7.75. The van der Waals surface area contributed by atoms with Crippen molar-refractivity contribution < 1.29 is 80.9 Å². The molecule has 2 fully saturated rings. The number of thioether (sulfide) groups is 2. The molecular weight excluding hydrogens is 708 g/mol. The molecule has 2 heterocycles. The average Bonchev–Trinajstić information content (AvgIpc) is 2.99. The molecule has 0 aliphatic carbocycles. The van der Waals surface area contributed by atoms with E-state index < -0.39 is 104 Å². The molecule has 0 radical (unpaired) electrons. The van der Waals surface area contributed by atoms with Gasteiger partial charge in [0.2, 0.25) is 0 Å².